The van der Waals surface area contributed by atoms with Gasteiger partial charge in [-0.05, 0) is 50.1 Å². The number of aryl methyl sites for hydroxylation is 1. The third-order valence-corrected chi connectivity index (χ3v) is 7.56. The second-order valence-corrected chi connectivity index (χ2v) is 10.0. The summed E-state index contributed by atoms with van der Waals surface area (Å²) in [5, 5.41) is 10.0. The van der Waals surface area contributed by atoms with Crippen LogP contribution in [0.25, 0.3) is 33.5 Å². The molecular formula is C29H28N8O. The highest BCUT2D eigenvalue weighted by Gasteiger charge is 2.36. The number of nitrogens with one attached hydrogen (secondary N) is 2. The lowest BCUT2D eigenvalue weighted by Crippen LogP contribution is -2.42. The SMILES string of the molecule is COc1cccc(-c2nc(C3(C)CCN(c4ncnc5[nH]c(-c6ccc(C#N)nc6)cc45)CC3)[nH]c2C)c1. The molecule has 5 heterocycles. The van der Waals surface area contributed by atoms with Crippen LogP contribution in [0.3, 0.4) is 0 Å². The van der Waals surface area contributed by atoms with Gasteiger partial charge in [-0.25, -0.2) is 19.9 Å². The Bertz CT molecular complexity index is 1650. The fourth-order valence-corrected chi connectivity index (χ4v) is 5.20. The predicted octanol–water partition coefficient (Wildman–Crippen LogP) is 5.16. The Labute approximate surface area is 220 Å². The number of fused-ring (bicyclic) bond motifs is 1. The molecule has 1 aliphatic rings. The Morgan fingerprint density at radius 3 is 2.61 bits per heavy atom. The number of hydrogen-bond acceptors (Lipinski definition) is 7. The molecule has 6 rings (SSSR count). The predicted molar refractivity (Wildman–Crippen MR) is 146 cm³/mol. The summed E-state index contributed by atoms with van der Waals surface area (Å²) in [6.07, 6.45) is 5.20. The van der Waals surface area contributed by atoms with Crippen molar-refractivity contribution in [1.29, 1.82) is 5.26 Å². The highest BCUT2D eigenvalue weighted by molar-refractivity contribution is 5.91. The van der Waals surface area contributed by atoms with E-state index in [-0.39, 0.29) is 5.41 Å². The second-order valence-electron chi connectivity index (χ2n) is 10.0. The van der Waals surface area contributed by atoms with E-state index in [2.05, 4.69) is 61.9 Å². The van der Waals surface area contributed by atoms with Crippen molar-refractivity contribution in [2.75, 3.05) is 25.1 Å². The molecule has 0 radical (unpaired) electrons. The van der Waals surface area contributed by atoms with E-state index in [9.17, 15) is 0 Å². The number of benzene rings is 1. The van der Waals surface area contributed by atoms with Crippen molar-refractivity contribution in [3.8, 4) is 34.3 Å². The van der Waals surface area contributed by atoms with Crippen LogP contribution < -0.4 is 9.64 Å². The first-order valence-electron chi connectivity index (χ1n) is 12.6. The second kappa shape index (κ2) is 9.30. The van der Waals surface area contributed by atoms with Gasteiger partial charge in [-0.3, -0.25) is 0 Å². The summed E-state index contributed by atoms with van der Waals surface area (Å²) >= 11 is 0. The van der Waals surface area contributed by atoms with Crippen molar-refractivity contribution < 1.29 is 4.74 Å². The molecule has 0 unspecified atom stereocenters. The molecule has 1 saturated heterocycles. The van der Waals surface area contributed by atoms with Gasteiger partial charge in [0.1, 0.15) is 41.1 Å². The Kier molecular flexibility index (Phi) is 5.80. The summed E-state index contributed by atoms with van der Waals surface area (Å²) in [5.41, 5.74) is 5.99. The highest BCUT2D eigenvalue weighted by atomic mass is 16.5. The summed E-state index contributed by atoms with van der Waals surface area (Å²) in [7, 11) is 1.68. The first kappa shape index (κ1) is 23.7. The molecule has 4 aromatic heterocycles. The summed E-state index contributed by atoms with van der Waals surface area (Å²) in [6.45, 7) is 6.08. The average Bonchev–Trinajstić information content (AvgIpc) is 3.58. The maximum Gasteiger partial charge on any atom is 0.143 e. The van der Waals surface area contributed by atoms with Crippen LogP contribution in [0.4, 0.5) is 5.82 Å². The smallest absolute Gasteiger partial charge is 0.143 e. The molecule has 1 aromatic carbocycles. The molecule has 5 aromatic rings. The fraction of sp³-hybridized carbons (Fsp3) is 0.276. The van der Waals surface area contributed by atoms with Crippen LogP contribution in [0.15, 0.2) is 55.0 Å². The van der Waals surface area contributed by atoms with E-state index in [4.69, 9.17) is 15.0 Å². The topological polar surface area (TPSA) is 119 Å². The van der Waals surface area contributed by atoms with Crippen LogP contribution in [0, 0.1) is 18.3 Å². The number of rotatable bonds is 5. The van der Waals surface area contributed by atoms with Gasteiger partial charge in [-0.2, -0.15) is 5.26 Å². The molecule has 9 heteroatoms. The van der Waals surface area contributed by atoms with Crippen LogP contribution in [0.2, 0.25) is 0 Å². The van der Waals surface area contributed by atoms with Crippen LogP contribution in [-0.4, -0.2) is 50.1 Å². The quantitative estimate of drug-likeness (QED) is 0.339. The summed E-state index contributed by atoms with van der Waals surface area (Å²) in [6, 6.07) is 15.8. The van der Waals surface area contributed by atoms with Crippen LogP contribution >= 0.6 is 0 Å². The molecule has 0 aliphatic carbocycles. The number of hydrogen-bond donors (Lipinski definition) is 2. The number of H-pyrrole nitrogens is 2. The first-order chi connectivity index (χ1) is 18.5. The number of aromatic amines is 2. The Balaban J connectivity index is 1.24. The molecule has 1 aliphatic heterocycles. The van der Waals surface area contributed by atoms with Crippen molar-refractivity contribution in [3.05, 3.63) is 72.2 Å². The molecule has 0 atom stereocenters. The minimum Gasteiger partial charge on any atom is -0.497 e. The molecule has 1 fully saturated rings. The molecule has 38 heavy (non-hydrogen) atoms. The number of methoxy groups -OCH3 is 1. The molecule has 0 saturated carbocycles. The maximum absolute atomic E-state index is 9.04. The lowest BCUT2D eigenvalue weighted by Gasteiger charge is -2.38. The maximum atomic E-state index is 9.04. The van der Waals surface area contributed by atoms with Gasteiger partial charge in [0.05, 0.1) is 18.2 Å². The van der Waals surface area contributed by atoms with E-state index in [1.165, 1.54) is 0 Å². The van der Waals surface area contributed by atoms with Gasteiger partial charge in [0, 0.05) is 47.2 Å². The van der Waals surface area contributed by atoms with Gasteiger partial charge in [0.15, 0.2) is 0 Å². The monoisotopic (exact) mass is 504 g/mol. The first-order valence-corrected chi connectivity index (χ1v) is 12.6. The van der Waals surface area contributed by atoms with Gasteiger partial charge in [0.2, 0.25) is 0 Å². The largest absolute Gasteiger partial charge is 0.497 e. The lowest BCUT2D eigenvalue weighted by molar-refractivity contribution is 0.345. The van der Waals surface area contributed by atoms with E-state index in [1.54, 1.807) is 25.7 Å². The van der Waals surface area contributed by atoms with Gasteiger partial charge >= 0.3 is 0 Å². The van der Waals surface area contributed by atoms with E-state index >= 15 is 0 Å². The molecule has 190 valence electrons. The molecule has 9 nitrogen and oxygen atoms in total. The van der Waals surface area contributed by atoms with Crippen LogP contribution in [-0.2, 0) is 5.41 Å². The third kappa shape index (κ3) is 4.14. The van der Waals surface area contributed by atoms with E-state index in [0.717, 1.165) is 82.6 Å². The number of pyridine rings is 1. The van der Waals surface area contributed by atoms with Crippen molar-refractivity contribution in [1.82, 2.24) is 29.9 Å². The van der Waals surface area contributed by atoms with Crippen molar-refractivity contribution >= 4 is 16.9 Å². The minimum absolute atomic E-state index is 0.0675. The van der Waals surface area contributed by atoms with Crippen molar-refractivity contribution in [3.63, 3.8) is 0 Å². The van der Waals surface area contributed by atoms with Gasteiger partial charge in [-0.1, -0.05) is 19.1 Å². The number of anilines is 1. The molecule has 0 amide bonds. The lowest BCUT2D eigenvalue weighted by atomic mass is 9.79. The number of piperidine rings is 1. The number of nitrogens with zero attached hydrogens (tertiary/aromatic N) is 6. The summed E-state index contributed by atoms with van der Waals surface area (Å²) < 4.78 is 5.41. The Morgan fingerprint density at radius 2 is 1.87 bits per heavy atom. The van der Waals surface area contributed by atoms with Gasteiger partial charge in [0.25, 0.3) is 0 Å². The number of ether oxygens (including phenoxy) is 1. The summed E-state index contributed by atoms with van der Waals surface area (Å²) in [4.78, 5) is 27.7. The van der Waals surface area contributed by atoms with E-state index < -0.39 is 0 Å². The Hall–Kier alpha value is -4.71. The zero-order valence-electron chi connectivity index (χ0n) is 21.6. The Morgan fingerprint density at radius 1 is 1.03 bits per heavy atom. The molecule has 0 spiro atoms. The van der Waals surface area contributed by atoms with Crippen LogP contribution in [0.5, 0.6) is 5.75 Å². The third-order valence-electron chi connectivity index (χ3n) is 7.56. The minimum atomic E-state index is -0.0675. The van der Waals surface area contributed by atoms with E-state index in [0.29, 0.717) is 5.69 Å². The van der Waals surface area contributed by atoms with Crippen molar-refractivity contribution in [2.45, 2.75) is 32.1 Å². The molecule has 2 N–H and O–H groups in total. The molecular weight excluding hydrogens is 476 g/mol. The average molecular weight is 505 g/mol. The standard InChI is InChI=1S/C29H28N8O/c1-18-25(19-5-4-6-22(13-19)38-3)36-28(34-18)29(2)9-11-37(12-10-29)27-23-14-24(35-26(23)32-17-33-27)20-7-8-21(15-30)31-16-20/h4-8,13-14,16-17H,9-12H2,1-3H3,(H,34,36)(H,32,33,35). The number of nitriles is 1. The normalized spacial score (nSPS) is 14.9. The highest BCUT2D eigenvalue weighted by Crippen LogP contribution is 2.38. The number of imidazole rings is 1. The summed E-state index contributed by atoms with van der Waals surface area (Å²) in [5.74, 6) is 2.77. The van der Waals surface area contributed by atoms with Gasteiger partial charge < -0.3 is 19.6 Å². The zero-order chi connectivity index (χ0) is 26.3. The van der Waals surface area contributed by atoms with Crippen molar-refractivity contribution in [2.24, 2.45) is 0 Å². The van der Waals surface area contributed by atoms with Gasteiger partial charge in [-0.15, -0.1) is 0 Å². The fourth-order valence-electron chi connectivity index (χ4n) is 5.20. The van der Waals surface area contributed by atoms with E-state index in [1.807, 2.05) is 24.3 Å². The number of aromatic nitrogens is 6. The van der Waals surface area contributed by atoms with Crippen LogP contribution in [0.1, 0.15) is 37.0 Å². The zero-order valence-corrected chi connectivity index (χ0v) is 21.6. The molecule has 0 bridgehead atoms.